The molecule has 3 aromatic rings. The van der Waals surface area contributed by atoms with Crippen molar-refractivity contribution in [2.75, 3.05) is 5.32 Å². The first-order chi connectivity index (χ1) is 11.1. The van der Waals surface area contributed by atoms with E-state index in [1.165, 1.54) is 4.70 Å². The van der Waals surface area contributed by atoms with Crippen LogP contribution in [0.2, 0.25) is 0 Å². The average molecular weight is 328 g/mol. The van der Waals surface area contributed by atoms with E-state index in [4.69, 9.17) is 0 Å². The van der Waals surface area contributed by atoms with Crippen molar-refractivity contribution in [1.29, 1.82) is 0 Å². The van der Waals surface area contributed by atoms with Gasteiger partial charge in [-0.2, -0.15) is 5.10 Å². The highest BCUT2D eigenvalue weighted by atomic mass is 32.1. The number of carbonyl (C=O) groups excluding carboxylic acids is 1. The van der Waals surface area contributed by atoms with Crippen LogP contribution in [0.1, 0.15) is 37.7 Å². The minimum absolute atomic E-state index is 0.0218. The van der Waals surface area contributed by atoms with Gasteiger partial charge in [0.1, 0.15) is 5.82 Å². The summed E-state index contributed by atoms with van der Waals surface area (Å²) >= 11 is 1.70. The minimum atomic E-state index is 0.0218. The van der Waals surface area contributed by atoms with E-state index in [9.17, 15) is 4.79 Å². The molecule has 0 unspecified atom stereocenters. The first-order valence-corrected chi connectivity index (χ1v) is 8.63. The number of hydrogen-bond acceptors (Lipinski definition) is 4. The van der Waals surface area contributed by atoms with E-state index < -0.39 is 0 Å². The summed E-state index contributed by atoms with van der Waals surface area (Å²) in [5, 5.41) is 8.23. The van der Waals surface area contributed by atoms with Crippen LogP contribution < -0.4 is 5.32 Å². The van der Waals surface area contributed by atoms with Gasteiger partial charge in [0.25, 0.3) is 0 Å². The Balaban J connectivity index is 1.52. The molecular formula is C17H20N4OS. The highest BCUT2D eigenvalue weighted by molar-refractivity contribution is 7.18. The second kappa shape index (κ2) is 6.91. The Morgan fingerprint density at radius 3 is 2.91 bits per heavy atom. The van der Waals surface area contributed by atoms with Crippen LogP contribution in [0, 0.1) is 0 Å². The van der Waals surface area contributed by atoms with E-state index in [0.29, 0.717) is 6.42 Å². The number of para-hydroxylation sites is 1. The van der Waals surface area contributed by atoms with Gasteiger partial charge in [0.05, 0.1) is 21.4 Å². The molecule has 1 aromatic carbocycles. The number of amides is 1. The summed E-state index contributed by atoms with van der Waals surface area (Å²) in [6, 6.07) is 10.2. The molecule has 0 saturated heterocycles. The molecule has 0 spiro atoms. The van der Waals surface area contributed by atoms with Gasteiger partial charge in [0.2, 0.25) is 5.91 Å². The van der Waals surface area contributed by atoms with Crippen molar-refractivity contribution >= 4 is 33.3 Å². The second-order valence-electron chi connectivity index (χ2n) is 5.73. The number of nitrogens with zero attached hydrogens (tertiary/aromatic N) is 3. The van der Waals surface area contributed by atoms with Crippen LogP contribution in [0.4, 0.5) is 5.82 Å². The molecule has 0 saturated carbocycles. The fourth-order valence-electron chi connectivity index (χ4n) is 2.46. The number of carbonyl (C=O) groups is 1. The van der Waals surface area contributed by atoms with E-state index in [-0.39, 0.29) is 11.9 Å². The zero-order chi connectivity index (χ0) is 16.2. The van der Waals surface area contributed by atoms with Crippen molar-refractivity contribution in [2.24, 2.45) is 0 Å². The van der Waals surface area contributed by atoms with Crippen LogP contribution >= 0.6 is 11.3 Å². The molecule has 0 bridgehead atoms. The summed E-state index contributed by atoms with van der Waals surface area (Å²) in [5.74, 6) is 0.776. The fraction of sp³-hybridized carbons (Fsp3) is 0.353. The van der Waals surface area contributed by atoms with Crippen LogP contribution in [-0.4, -0.2) is 20.7 Å². The number of rotatable bonds is 6. The lowest BCUT2D eigenvalue weighted by Crippen LogP contribution is -2.16. The molecule has 0 aliphatic heterocycles. The van der Waals surface area contributed by atoms with Crippen LogP contribution in [0.5, 0.6) is 0 Å². The van der Waals surface area contributed by atoms with E-state index in [0.717, 1.165) is 29.2 Å². The van der Waals surface area contributed by atoms with Gasteiger partial charge in [-0.05, 0) is 38.8 Å². The van der Waals surface area contributed by atoms with Gasteiger partial charge >= 0.3 is 0 Å². The molecule has 23 heavy (non-hydrogen) atoms. The van der Waals surface area contributed by atoms with Crippen LogP contribution in [0.3, 0.4) is 0 Å². The van der Waals surface area contributed by atoms with Crippen molar-refractivity contribution in [3.63, 3.8) is 0 Å². The van der Waals surface area contributed by atoms with Gasteiger partial charge in [0, 0.05) is 18.5 Å². The quantitative estimate of drug-likeness (QED) is 0.743. The number of thiazole rings is 1. The Morgan fingerprint density at radius 1 is 1.30 bits per heavy atom. The smallest absolute Gasteiger partial charge is 0.225 e. The normalized spacial score (nSPS) is 11.3. The zero-order valence-corrected chi connectivity index (χ0v) is 14.1. The average Bonchev–Trinajstić information content (AvgIpc) is 3.13. The molecule has 0 fully saturated rings. The standard InChI is InChI=1S/C17H20N4OS/c1-12(2)21-15(10-11-18-21)20-16(22)8-5-9-17-19-13-6-3-4-7-14(13)23-17/h3-4,6-7,10-12H,5,8-9H2,1-2H3,(H,20,22). The SMILES string of the molecule is CC(C)n1nccc1NC(=O)CCCc1nc2ccccc2s1. The number of aryl methyl sites for hydroxylation is 1. The highest BCUT2D eigenvalue weighted by Gasteiger charge is 2.10. The third kappa shape index (κ3) is 3.76. The van der Waals surface area contributed by atoms with Gasteiger partial charge in [-0.25, -0.2) is 9.67 Å². The third-order valence-electron chi connectivity index (χ3n) is 3.56. The number of anilines is 1. The summed E-state index contributed by atoms with van der Waals surface area (Å²) < 4.78 is 3.01. The molecule has 6 heteroatoms. The highest BCUT2D eigenvalue weighted by Crippen LogP contribution is 2.22. The van der Waals surface area contributed by atoms with Crippen molar-refractivity contribution in [2.45, 2.75) is 39.2 Å². The second-order valence-corrected chi connectivity index (χ2v) is 6.85. The maximum absolute atomic E-state index is 12.1. The first kappa shape index (κ1) is 15.7. The first-order valence-electron chi connectivity index (χ1n) is 7.81. The molecule has 2 aromatic heterocycles. The van der Waals surface area contributed by atoms with Crippen molar-refractivity contribution in [1.82, 2.24) is 14.8 Å². The van der Waals surface area contributed by atoms with Gasteiger partial charge in [-0.1, -0.05) is 12.1 Å². The van der Waals surface area contributed by atoms with Crippen LogP contribution in [0.25, 0.3) is 10.2 Å². The molecule has 2 heterocycles. The van der Waals surface area contributed by atoms with Crippen molar-refractivity contribution in [3.8, 4) is 0 Å². The van der Waals surface area contributed by atoms with E-state index in [2.05, 4.69) is 21.5 Å². The number of nitrogens with one attached hydrogen (secondary N) is 1. The summed E-state index contributed by atoms with van der Waals surface area (Å²) in [5.41, 5.74) is 1.04. The van der Waals surface area contributed by atoms with Gasteiger partial charge in [-0.15, -0.1) is 11.3 Å². The molecule has 0 atom stereocenters. The van der Waals surface area contributed by atoms with Gasteiger partial charge < -0.3 is 5.32 Å². The van der Waals surface area contributed by atoms with E-state index >= 15 is 0 Å². The van der Waals surface area contributed by atoms with Crippen LogP contribution in [0.15, 0.2) is 36.5 Å². The molecule has 5 nitrogen and oxygen atoms in total. The van der Waals surface area contributed by atoms with Crippen LogP contribution in [-0.2, 0) is 11.2 Å². The summed E-state index contributed by atoms with van der Waals surface area (Å²) in [6.45, 7) is 4.07. The van der Waals surface area contributed by atoms with E-state index in [1.54, 1.807) is 17.5 Å². The lowest BCUT2D eigenvalue weighted by molar-refractivity contribution is -0.116. The molecular weight excluding hydrogens is 308 g/mol. The van der Waals surface area contributed by atoms with Crippen molar-refractivity contribution in [3.05, 3.63) is 41.5 Å². The van der Waals surface area contributed by atoms with E-state index in [1.807, 2.05) is 42.8 Å². The largest absolute Gasteiger partial charge is 0.311 e. The Labute approximate surface area is 139 Å². The molecule has 0 radical (unpaired) electrons. The Bertz CT molecular complexity index is 773. The molecule has 0 aliphatic carbocycles. The number of fused-ring (bicyclic) bond motifs is 1. The summed E-state index contributed by atoms with van der Waals surface area (Å²) in [6.07, 6.45) is 3.81. The molecule has 0 aliphatic rings. The Kier molecular flexibility index (Phi) is 4.71. The predicted molar refractivity (Wildman–Crippen MR) is 93.8 cm³/mol. The van der Waals surface area contributed by atoms with Gasteiger partial charge in [0.15, 0.2) is 0 Å². The lowest BCUT2D eigenvalue weighted by Gasteiger charge is -2.11. The molecule has 120 valence electrons. The van der Waals surface area contributed by atoms with Gasteiger partial charge in [-0.3, -0.25) is 4.79 Å². The number of aromatic nitrogens is 3. The summed E-state index contributed by atoms with van der Waals surface area (Å²) in [7, 11) is 0. The molecule has 1 amide bonds. The maximum Gasteiger partial charge on any atom is 0.225 e. The van der Waals surface area contributed by atoms with Crippen molar-refractivity contribution < 1.29 is 4.79 Å². The fourth-order valence-corrected chi connectivity index (χ4v) is 3.47. The number of benzene rings is 1. The Morgan fingerprint density at radius 2 is 2.13 bits per heavy atom. The Hall–Kier alpha value is -2.21. The number of hydrogen-bond donors (Lipinski definition) is 1. The molecule has 3 rings (SSSR count). The predicted octanol–water partition coefficient (Wildman–Crippen LogP) is 4.04. The molecule has 1 N–H and O–H groups in total. The monoisotopic (exact) mass is 328 g/mol. The summed E-state index contributed by atoms with van der Waals surface area (Å²) in [4.78, 5) is 16.7. The minimum Gasteiger partial charge on any atom is -0.311 e. The lowest BCUT2D eigenvalue weighted by atomic mass is 10.2. The third-order valence-corrected chi connectivity index (χ3v) is 4.66. The maximum atomic E-state index is 12.1. The zero-order valence-electron chi connectivity index (χ0n) is 13.3. The topological polar surface area (TPSA) is 59.8 Å².